The zero-order valence-electron chi connectivity index (χ0n) is 10.4. The van der Waals surface area contributed by atoms with Gasteiger partial charge in [-0.3, -0.25) is 14.9 Å². The number of rotatable bonds is 4. The average molecular weight is 282 g/mol. The molecule has 19 heavy (non-hydrogen) atoms. The third-order valence-corrected chi connectivity index (χ3v) is 2.81. The molecular weight excluding hydrogens is 270 g/mol. The lowest BCUT2D eigenvalue weighted by molar-refractivity contribution is -0.385. The Kier molecular flexibility index (Phi) is 4.84. The third kappa shape index (κ3) is 3.42. The number of benzene rings is 1. The van der Waals surface area contributed by atoms with Crippen molar-refractivity contribution in [1.29, 1.82) is 5.26 Å². The van der Waals surface area contributed by atoms with Gasteiger partial charge in [-0.1, -0.05) is 31.5 Å². The molecule has 1 aromatic rings. The van der Waals surface area contributed by atoms with Crippen molar-refractivity contribution < 1.29 is 9.72 Å². The van der Waals surface area contributed by atoms with E-state index in [4.69, 9.17) is 16.9 Å². The molecule has 1 N–H and O–H groups in total. The summed E-state index contributed by atoms with van der Waals surface area (Å²) in [6.07, 6.45) is 0. The maximum atomic E-state index is 12.0. The van der Waals surface area contributed by atoms with Gasteiger partial charge < -0.3 is 5.32 Å². The quantitative estimate of drug-likeness (QED) is 0.677. The summed E-state index contributed by atoms with van der Waals surface area (Å²) in [5.41, 5.74) is -0.611. The summed E-state index contributed by atoms with van der Waals surface area (Å²) in [5.74, 6) is -0.790. The summed E-state index contributed by atoms with van der Waals surface area (Å²) in [4.78, 5) is 22.2. The Bertz CT molecular complexity index is 552. The van der Waals surface area contributed by atoms with Gasteiger partial charge in [0.05, 0.1) is 11.0 Å². The fourth-order valence-electron chi connectivity index (χ4n) is 1.45. The fraction of sp³-hybridized carbons (Fsp3) is 0.333. The molecule has 0 fully saturated rings. The summed E-state index contributed by atoms with van der Waals surface area (Å²) in [5, 5.41) is 22.1. The molecule has 100 valence electrons. The number of nitrogens with one attached hydrogen (secondary N) is 1. The molecule has 1 amide bonds. The van der Waals surface area contributed by atoms with Crippen molar-refractivity contribution in [2.75, 3.05) is 0 Å². The van der Waals surface area contributed by atoms with E-state index in [0.717, 1.165) is 0 Å². The molecule has 0 aliphatic rings. The average Bonchev–Trinajstić information content (AvgIpc) is 2.34. The Balaban J connectivity index is 3.11. The van der Waals surface area contributed by atoms with E-state index >= 15 is 0 Å². The van der Waals surface area contributed by atoms with Crippen molar-refractivity contribution in [2.45, 2.75) is 19.9 Å². The molecule has 7 heteroatoms. The van der Waals surface area contributed by atoms with Crippen LogP contribution in [0.15, 0.2) is 18.2 Å². The zero-order valence-corrected chi connectivity index (χ0v) is 11.1. The van der Waals surface area contributed by atoms with Crippen LogP contribution in [-0.4, -0.2) is 16.9 Å². The number of amides is 1. The second-order valence-electron chi connectivity index (χ2n) is 4.22. The number of halogens is 1. The SMILES string of the molecule is CC(C)C(C#N)NC(=O)c1cccc(Cl)c1[N+](=O)[O-]. The first-order valence-electron chi connectivity index (χ1n) is 5.51. The smallest absolute Gasteiger partial charge is 0.300 e. The van der Waals surface area contributed by atoms with Gasteiger partial charge >= 0.3 is 5.69 Å². The molecule has 0 aromatic heterocycles. The topological polar surface area (TPSA) is 96.0 Å². The number of nitro groups is 1. The number of hydrogen-bond donors (Lipinski definition) is 1. The van der Waals surface area contributed by atoms with Crippen LogP contribution in [-0.2, 0) is 0 Å². The standard InChI is InChI=1S/C12H12ClN3O3/c1-7(2)10(6-14)15-12(17)8-4-3-5-9(13)11(8)16(18)19/h3-5,7,10H,1-2H3,(H,15,17). The number of nitro benzene ring substituents is 1. The van der Waals surface area contributed by atoms with E-state index in [1.54, 1.807) is 13.8 Å². The highest BCUT2D eigenvalue weighted by atomic mass is 35.5. The monoisotopic (exact) mass is 281 g/mol. The number of carbonyl (C=O) groups excluding carboxylic acids is 1. The van der Waals surface area contributed by atoms with Crippen LogP contribution in [0.1, 0.15) is 24.2 Å². The number of nitrogens with zero attached hydrogens (tertiary/aromatic N) is 2. The van der Waals surface area contributed by atoms with Gasteiger partial charge in [-0.15, -0.1) is 0 Å². The highest BCUT2D eigenvalue weighted by Gasteiger charge is 2.25. The van der Waals surface area contributed by atoms with Gasteiger partial charge in [-0.05, 0) is 18.1 Å². The summed E-state index contributed by atoms with van der Waals surface area (Å²) < 4.78 is 0. The molecule has 0 aliphatic carbocycles. The molecule has 1 unspecified atom stereocenters. The summed E-state index contributed by atoms with van der Waals surface area (Å²) in [6, 6.07) is 5.29. The number of hydrogen-bond acceptors (Lipinski definition) is 4. The second kappa shape index (κ2) is 6.16. The number of nitriles is 1. The molecule has 0 saturated carbocycles. The molecule has 1 aromatic carbocycles. The van der Waals surface area contributed by atoms with Crippen LogP contribution < -0.4 is 5.32 Å². The van der Waals surface area contributed by atoms with Crippen molar-refractivity contribution in [3.63, 3.8) is 0 Å². The Morgan fingerprint density at radius 3 is 2.63 bits per heavy atom. The van der Waals surface area contributed by atoms with Gasteiger partial charge in [0.1, 0.15) is 16.6 Å². The van der Waals surface area contributed by atoms with E-state index < -0.39 is 22.6 Å². The van der Waals surface area contributed by atoms with Crippen LogP contribution in [0.3, 0.4) is 0 Å². The third-order valence-electron chi connectivity index (χ3n) is 2.51. The van der Waals surface area contributed by atoms with Gasteiger partial charge in [-0.25, -0.2) is 0 Å². The predicted molar refractivity (Wildman–Crippen MR) is 69.8 cm³/mol. The number of carbonyl (C=O) groups is 1. The normalized spacial score (nSPS) is 11.7. The molecule has 1 atom stereocenters. The molecule has 0 saturated heterocycles. The van der Waals surface area contributed by atoms with Crippen LogP contribution in [0.5, 0.6) is 0 Å². The molecule has 0 spiro atoms. The molecule has 1 rings (SSSR count). The van der Waals surface area contributed by atoms with Crippen molar-refractivity contribution in [3.05, 3.63) is 38.9 Å². The molecule has 6 nitrogen and oxygen atoms in total. The number of para-hydroxylation sites is 1. The minimum Gasteiger partial charge on any atom is -0.336 e. The minimum absolute atomic E-state index is 0.104. The maximum Gasteiger partial charge on any atom is 0.300 e. The Labute approximate surface area is 115 Å². The lowest BCUT2D eigenvalue weighted by Gasteiger charge is -2.14. The Hall–Kier alpha value is -2.13. The lowest BCUT2D eigenvalue weighted by atomic mass is 10.0. The Morgan fingerprint density at radius 1 is 1.53 bits per heavy atom. The Morgan fingerprint density at radius 2 is 2.16 bits per heavy atom. The van der Waals surface area contributed by atoms with Gasteiger partial charge in [-0.2, -0.15) is 5.26 Å². The van der Waals surface area contributed by atoms with E-state index in [0.29, 0.717) is 0 Å². The minimum atomic E-state index is -0.717. The van der Waals surface area contributed by atoms with Gasteiger partial charge in [0.2, 0.25) is 0 Å². The van der Waals surface area contributed by atoms with E-state index in [9.17, 15) is 14.9 Å². The molecule has 0 heterocycles. The summed E-state index contributed by atoms with van der Waals surface area (Å²) in [6.45, 7) is 3.53. The highest BCUT2D eigenvalue weighted by molar-refractivity contribution is 6.33. The van der Waals surface area contributed by atoms with Crippen molar-refractivity contribution in [1.82, 2.24) is 5.32 Å². The van der Waals surface area contributed by atoms with Crippen LogP contribution in [0.4, 0.5) is 5.69 Å². The van der Waals surface area contributed by atoms with Gasteiger partial charge in [0.25, 0.3) is 5.91 Å². The van der Waals surface area contributed by atoms with Crippen LogP contribution in [0.25, 0.3) is 0 Å². The first-order chi connectivity index (χ1) is 8.88. The molecule has 0 bridgehead atoms. The second-order valence-corrected chi connectivity index (χ2v) is 4.62. The van der Waals surface area contributed by atoms with Crippen molar-refractivity contribution in [3.8, 4) is 6.07 Å². The van der Waals surface area contributed by atoms with Crippen LogP contribution >= 0.6 is 11.6 Å². The first kappa shape index (κ1) is 14.9. The maximum absolute atomic E-state index is 12.0. The van der Waals surface area contributed by atoms with E-state index in [1.165, 1.54) is 18.2 Å². The van der Waals surface area contributed by atoms with Crippen LogP contribution in [0, 0.1) is 27.4 Å². The van der Waals surface area contributed by atoms with E-state index in [2.05, 4.69) is 5.32 Å². The largest absolute Gasteiger partial charge is 0.336 e. The first-order valence-corrected chi connectivity index (χ1v) is 5.89. The van der Waals surface area contributed by atoms with Crippen LogP contribution in [0.2, 0.25) is 5.02 Å². The van der Waals surface area contributed by atoms with E-state index in [1.807, 2.05) is 6.07 Å². The van der Waals surface area contributed by atoms with Gasteiger partial charge in [0.15, 0.2) is 0 Å². The molecule has 0 aliphatic heterocycles. The predicted octanol–water partition coefficient (Wildman–Crippen LogP) is 2.53. The summed E-state index contributed by atoms with van der Waals surface area (Å²) in [7, 11) is 0. The van der Waals surface area contributed by atoms with E-state index in [-0.39, 0.29) is 16.5 Å². The zero-order chi connectivity index (χ0) is 14.6. The summed E-state index contributed by atoms with van der Waals surface area (Å²) >= 11 is 5.71. The van der Waals surface area contributed by atoms with Gasteiger partial charge in [0, 0.05) is 0 Å². The molecule has 0 radical (unpaired) electrons. The molecular formula is C12H12ClN3O3. The van der Waals surface area contributed by atoms with Crippen molar-refractivity contribution >= 4 is 23.2 Å². The van der Waals surface area contributed by atoms with Crippen molar-refractivity contribution in [2.24, 2.45) is 5.92 Å². The highest BCUT2D eigenvalue weighted by Crippen LogP contribution is 2.28. The fourth-order valence-corrected chi connectivity index (χ4v) is 1.69. The lowest BCUT2D eigenvalue weighted by Crippen LogP contribution is -2.37.